The Bertz CT molecular complexity index is 813. The van der Waals surface area contributed by atoms with E-state index in [0.29, 0.717) is 25.3 Å². The van der Waals surface area contributed by atoms with Gasteiger partial charge in [-0.05, 0) is 79.9 Å². The van der Waals surface area contributed by atoms with Crippen molar-refractivity contribution in [2.75, 3.05) is 32.0 Å². The molecule has 148 valence electrons. The van der Waals surface area contributed by atoms with Crippen LogP contribution in [0.5, 0.6) is 5.75 Å². The van der Waals surface area contributed by atoms with Crippen molar-refractivity contribution < 1.29 is 9.53 Å². The van der Waals surface area contributed by atoms with E-state index in [0.717, 1.165) is 30.0 Å². The molecule has 2 aliphatic rings. The molecule has 0 radical (unpaired) electrons. The van der Waals surface area contributed by atoms with Crippen LogP contribution in [0.3, 0.4) is 0 Å². The first kappa shape index (κ1) is 18.8. The van der Waals surface area contributed by atoms with Crippen LogP contribution in [0.1, 0.15) is 47.2 Å². The first-order valence-corrected chi connectivity index (χ1v) is 10.3. The normalized spacial score (nSPS) is 16.8. The van der Waals surface area contributed by atoms with Crippen molar-refractivity contribution in [2.45, 2.75) is 38.8 Å². The Morgan fingerprint density at radius 2 is 1.71 bits per heavy atom. The molecule has 2 heterocycles. The number of anilines is 1. The second-order valence-corrected chi connectivity index (χ2v) is 7.82. The number of nitrogens with zero attached hydrogens (tertiary/aromatic N) is 2. The fraction of sp³-hybridized carbons (Fsp3) is 0.435. The topological polar surface area (TPSA) is 58.8 Å². The zero-order valence-corrected chi connectivity index (χ0v) is 16.4. The minimum atomic E-state index is 0.0476. The molecule has 2 aromatic rings. The van der Waals surface area contributed by atoms with Crippen LogP contribution < -0.4 is 10.5 Å². The number of nitrogens with two attached hydrogens (primary N) is 1. The van der Waals surface area contributed by atoms with Gasteiger partial charge in [-0.3, -0.25) is 4.79 Å². The van der Waals surface area contributed by atoms with Gasteiger partial charge in [-0.2, -0.15) is 0 Å². The van der Waals surface area contributed by atoms with Crippen LogP contribution in [0.25, 0.3) is 0 Å². The third-order valence-corrected chi connectivity index (χ3v) is 5.68. The highest BCUT2D eigenvalue weighted by molar-refractivity contribution is 5.94. The Hall–Kier alpha value is -2.53. The van der Waals surface area contributed by atoms with E-state index in [1.165, 1.54) is 37.9 Å². The Kier molecular flexibility index (Phi) is 5.81. The molecule has 4 rings (SSSR count). The molecular formula is C23H29N3O2. The molecule has 1 amide bonds. The van der Waals surface area contributed by atoms with E-state index in [4.69, 9.17) is 10.5 Å². The summed E-state index contributed by atoms with van der Waals surface area (Å²) in [4.78, 5) is 17.2. The quantitative estimate of drug-likeness (QED) is 0.614. The van der Waals surface area contributed by atoms with Crippen molar-refractivity contribution in [2.24, 2.45) is 0 Å². The molecule has 2 aliphatic heterocycles. The van der Waals surface area contributed by atoms with Crippen LogP contribution in [-0.2, 0) is 13.1 Å². The lowest BCUT2D eigenvalue weighted by Gasteiger charge is -2.26. The molecule has 5 nitrogen and oxygen atoms in total. The van der Waals surface area contributed by atoms with Crippen LogP contribution in [0.15, 0.2) is 42.5 Å². The summed E-state index contributed by atoms with van der Waals surface area (Å²) in [5.41, 5.74) is 9.61. The van der Waals surface area contributed by atoms with E-state index < -0.39 is 0 Å². The van der Waals surface area contributed by atoms with Gasteiger partial charge >= 0.3 is 0 Å². The lowest BCUT2D eigenvalue weighted by Crippen LogP contribution is -2.31. The number of hydrogen-bond acceptors (Lipinski definition) is 4. The zero-order valence-electron chi connectivity index (χ0n) is 16.4. The summed E-state index contributed by atoms with van der Waals surface area (Å²) in [5.74, 6) is 0.874. The van der Waals surface area contributed by atoms with Gasteiger partial charge in [-0.1, -0.05) is 12.5 Å². The number of likely N-dealkylation sites (tertiary alicyclic amines) is 1. The highest BCUT2D eigenvalue weighted by atomic mass is 16.5. The van der Waals surface area contributed by atoms with E-state index >= 15 is 0 Å². The number of piperidine rings is 1. The molecule has 0 aromatic heterocycles. The molecule has 2 N–H and O–H groups in total. The van der Waals surface area contributed by atoms with Gasteiger partial charge in [0.25, 0.3) is 5.91 Å². The molecule has 5 heteroatoms. The van der Waals surface area contributed by atoms with Crippen molar-refractivity contribution in [3.63, 3.8) is 0 Å². The van der Waals surface area contributed by atoms with Crippen molar-refractivity contribution >= 4 is 11.6 Å². The summed E-state index contributed by atoms with van der Waals surface area (Å²) in [6, 6.07) is 13.4. The largest absolute Gasteiger partial charge is 0.494 e. The van der Waals surface area contributed by atoms with Crippen LogP contribution in [0.4, 0.5) is 5.69 Å². The van der Waals surface area contributed by atoms with E-state index in [-0.39, 0.29) is 5.91 Å². The fourth-order valence-corrected chi connectivity index (χ4v) is 4.10. The smallest absolute Gasteiger partial charge is 0.254 e. The summed E-state index contributed by atoms with van der Waals surface area (Å²) in [6.07, 6.45) is 5.06. The maximum absolute atomic E-state index is 12.8. The average Bonchev–Trinajstić information content (AvgIpc) is 3.15. The Labute approximate surface area is 167 Å². The van der Waals surface area contributed by atoms with Crippen molar-refractivity contribution in [3.8, 4) is 5.75 Å². The standard InChI is InChI=1S/C23H29N3O2/c24-21-8-5-19-16-26(17-20(19)15-21)23(27)18-6-9-22(10-7-18)28-14-4-13-25-11-2-1-3-12-25/h5-10,15H,1-4,11-14,16-17,24H2. The Morgan fingerprint density at radius 3 is 2.50 bits per heavy atom. The van der Waals surface area contributed by atoms with Gasteiger partial charge in [0, 0.05) is 30.9 Å². The molecule has 1 saturated heterocycles. The molecule has 2 aromatic carbocycles. The van der Waals surface area contributed by atoms with Crippen LogP contribution in [0, 0.1) is 0 Å². The second-order valence-electron chi connectivity index (χ2n) is 7.82. The average molecular weight is 380 g/mol. The number of amides is 1. The fourth-order valence-electron chi connectivity index (χ4n) is 4.10. The first-order chi connectivity index (χ1) is 13.7. The first-order valence-electron chi connectivity index (χ1n) is 10.3. The number of benzene rings is 2. The van der Waals surface area contributed by atoms with Crippen LogP contribution >= 0.6 is 0 Å². The minimum Gasteiger partial charge on any atom is -0.494 e. The maximum atomic E-state index is 12.8. The van der Waals surface area contributed by atoms with E-state index in [1.54, 1.807) is 0 Å². The maximum Gasteiger partial charge on any atom is 0.254 e. The van der Waals surface area contributed by atoms with Gasteiger partial charge in [-0.25, -0.2) is 0 Å². The third kappa shape index (κ3) is 4.47. The van der Waals surface area contributed by atoms with E-state index in [9.17, 15) is 4.79 Å². The Balaban J connectivity index is 1.25. The molecule has 0 saturated carbocycles. The van der Waals surface area contributed by atoms with E-state index in [2.05, 4.69) is 4.90 Å². The number of rotatable bonds is 6. The van der Waals surface area contributed by atoms with Gasteiger partial charge in [0.05, 0.1) is 6.61 Å². The van der Waals surface area contributed by atoms with Gasteiger partial charge < -0.3 is 20.3 Å². The number of carbonyl (C=O) groups excluding carboxylic acids is 1. The number of fused-ring (bicyclic) bond motifs is 1. The predicted molar refractivity (Wildman–Crippen MR) is 111 cm³/mol. The van der Waals surface area contributed by atoms with Crippen LogP contribution in [0.2, 0.25) is 0 Å². The van der Waals surface area contributed by atoms with E-state index in [1.807, 2.05) is 47.4 Å². The lowest BCUT2D eigenvalue weighted by molar-refractivity contribution is 0.0751. The van der Waals surface area contributed by atoms with Crippen molar-refractivity contribution in [1.29, 1.82) is 0 Å². The number of ether oxygens (including phenoxy) is 1. The van der Waals surface area contributed by atoms with Crippen LogP contribution in [-0.4, -0.2) is 41.9 Å². The molecule has 0 bridgehead atoms. The monoisotopic (exact) mass is 379 g/mol. The van der Waals surface area contributed by atoms with Gasteiger partial charge in [0.1, 0.15) is 5.75 Å². The number of nitrogen functional groups attached to an aromatic ring is 1. The molecule has 1 fully saturated rings. The molecule has 28 heavy (non-hydrogen) atoms. The lowest BCUT2D eigenvalue weighted by atomic mass is 10.1. The highest BCUT2D eigenvalue weighted by Crippen LogP contribution is 2.26. The summed E-state index contributed by atoms with van der Waals surface area (Å²) < 4.78 is 5.86. The summed E-state index contributed by atoms with van der Waals surface area (Å²) in [5, 5.41) is 0. The highest BCUT2D eigenvalue weighted by Gasteiger charge is 2.24. The summed E-state index contributed by atoms with van der Waals surface area (Å²) in [7, 11) is 0. The van der Waals surface area contributed by atoms with Crippen molar-refractivity contribution in [1.82, 2.24) is 9.80 Å². The molecule has 0 spiro atoms. The molecule has 0 aliphatic carbocycles. The Morgan fingerprint density at radius 1 is 0.964 bits per heavy atom. The summed E-state index contributed by atoms with van der Waals surface area (Å²) in [6.45, 7) is 5.54. The summed E-state index contributed by atoms with van der Waals surface area (Å²) >= 11 is 0. The molecular weight excluding hydrogens is 350 g/mol. The van der Waals surface area contributed by atoms with Crippen molar-refractivity contribution in [3.05, 3.63) is 59.2 Å². The second kappa shape index (κ2) is 8.65. The number of carbonyl (C=O) groups is 1. The molecule has 0 atom stereocenters. The number of hydrogen-bond donors (Lipinski definition) is 1. The third-order valence-electron chi connectivity index (χ3n) is 5.68. The van der Waals surface area contributed by atoms with Gasteiger partial charge in [-0.15, -0.1) is 0 Å². The minimum absolute atomic E-state index is 0.0476. The van der Waals surface area contributed by atoms with Gasteiger partial charge in [0.2, 0.25) is 0 Å². The van der Waals surface area contributed by atoms with Gasteiger partial charge in [0.15, 0.2) is 0 Å². The molecule has 0 unspecified atom stereocenters. The zero-order chi connectivity index (χ0) is 19.3. The SMILES string of the molecule is Nc1ccc2c(c1)CN(C(=O)c1ccc(OCCCN3CCCCC3)cc1)C2. The predicted octanol–water partition coefficient (Wildman–Crippen LogP) is 3.68.